The monoisotopic (exact) mass is 235 g/mol. The van der Waals surface area contributed by atoms with E-state index in [4.69, 9.17) is 0 Å². The van der Waals surface area contributed by atoms with Crippen LogP contribution in [0.15, 0.2) is 24.4 Å². The van der Waals surface area contributed by atoms with Gasteiger partial charge in [0.25, 0.3) is 0 Å². The highest BCUT2D eigenvalue weighted by Crippen LogP contribution is 2.06. The Morgan fingerprint density at radius 2 is 2.29 bits per heavy atom. The van der Waals surface area contributed by atoms with Crippen molar-refractivity contribution < 1.29 is 4.79 Å². The zero-order valence-electron chi connectivity index (χ0n) is 10.8. The number of amides is 1. The molecule has 0 aliphatic heterocycles. The van der Waals surface area contributed by atoms with Crippen molar-refractivity contribution in [3.8, 4) is 0 Å². The largest absolute Gasteiger partial charge is 0.337 e. The number of nitrogens with zero attached hydrogens (tertiary/aromatic N) is 2. The van der Waals surface area contributed by atoms with Crippen LogP contribution in [0.2, 0.25) is 0 Å². The molecule has 0 radical (unpaired) electrons. The van der Waals surface area contributed by atoms with Crippen molar-refractivity contribution in [2.24, 2.45) is 5.92 Å². The second-order valence-electron chi connectivity index (χ2n) is 4.13. The first-order valence-corrected chi connectivity index (χ1v) is 6.02. The second-order valence-corrected chi connectivity index (χ2v) is 4.13. The molecular weight excluding hydrogens is 214 g/mol. The third kappa shape index (κ3) is 4.15. The first-order chi connectivity index (χ1) is 8.19. The fourth-order valence-corrected chi connectivity index (χ4v) is 1.74. The second kappa shape index (κ2) is 7.01. The predicted molar refractivity (Wildman–Crippen MR) is 68.4 cm³/mol. The van der Waals surface area contributed by atoms with Gasteiger partial charge >= 0.3 is 0 Å². The lowest BCUT2D eigenvalue weighted by atomic mass is 10.1. The number of pyridine rings is 1. The standard InChI is InChI=1S/C13H21N3O/c1-4-16(13(17)11(2)9-14-3)10-12-7-5-6-8-15-12/h5-8,11,14H,4,9-10H2,1-3H3. The molecular formula is C13H21N3O. The minimum absolute atomic E-state index is 0.00339. The van der Waals surface area contributed by atoms with E-state index < -0.39 is 0 Å². The van der Waals surface area contributed by atoms with Crippen molar-refractivity contribution in [2.75, 3.05) is 20.1 Å². The number of aromatic nitrogens is 1. The van der Waals surface area contributed by atoms with Gasteiger partial charge in [0, 0.05) is 25.2 Å². The third-order valence-corrected chi connectivity index (χ3v) is 2.70. The summed E-state index contributed by atoms with van der Waals surface area (Å²) in [7, 11) is 1.86. The smallest absolute Gasteiger partial charge is 0.227 e. The fraction of sp³-hybridized carbons (Fsp3) is 0.538. The van der Waals surface area contributed by atoms with Gasteiger partial charge in [0.1, 0.15) is 0 Å². The van der Waals surface area contributed by atoms with Gasteiger partial charge in [0.05, 0.1) is 12.2 Å². The minimum atomic E-state index is 0.00339. The van der Waals surface area contributed by atoms with E-state index in [9.17, 15) is 4.79 Å². The third-order valence-electron chi connectivity index (χ3n) is 2.70. The minimum Gasteiger partial charge on any atom is -0.337 e. The molecule has 1 N–H and O–H groups in total. The highest BCUT2D eigenvalue weighted by atomic mass is 16.2. The van der Waals surface area contributed by atoms with E-state index in [-0.39, 0.29) is 11.8 Å². The summed E-state index contributed by atoms with van der Waals surface area (Å²) in [5, 5.41) is 3.03. The molecule has 94 valence electrons. The van der Waals surface area contributed by atoms with Gasteiger partial charge in [-0.05, 0) is 26.1 Å². The zero-order chi connectivity index (χ0) is 12.7. The molecule has 0 fully saturated rings. The summed E-state index contributed by atoms with van der Waals surface area (Å²) in [5.41, 5.74) is 0.930. The van der Waals surface area contributed by atoms with Gasteiger partial charge in [-0.1, -0.05) is 13.0 Å². The summed E-state index contributed by atoms with van der Waals surface area (Å²) in [5.74, 6) is 0.177. The van der Waals surface area contributed by atoms with Crippen molar-refractivity contribution in [2.45, 2.75) is 20.4 Å². The molecule has 0 spiro atoms. The molecule has 0 aliphatic rings. The van der Waals surface area contributed by atoms with Crippen LogP contribution in [-0.4, -0.2) is 35.9 Å². The van der Waals surface area contributed by atoms with Crippen LogP contribution < -0.4 is 5.32 Å². The van der Waals surface area contributed by atoms with Crippen LogP contribution >= 0.6 is 0 Å². The van der Waals surface area contributed by atoms with Gasteiger partial charge in [0.2, 0.25) is 5.91 Å². The summed E-state index contributed by atoms with van der Waals surface area (Å²) in [6.45, 7) is 5.94. The number of hydrogen-bond donors (Lipinski definition) is 1. The Morgan fingerprint density at radius 1 is 1.53 bits per heavy atom. The maximum absolute atomic E-state index is 12.1. The van der Waals surface area contributed by atoms with Gasteiger partial charge in [0.15, 0.2) is 0 Å². The molecule has 0 aliphatic carbocycles. The Bertz CT molecular complexity index is 340. The summed E-state index contributed by atoms with van der Waals surface area (Å²) in [6, 6.07) is 5.77. The first-order valence-electron chi connectivity index (χ1n) is 6.02. The Kier molecular flexibility index (Phi) is 5.63. The molecule has 4 heteroatoms. The molecule has 1 unspecified atom stereocenters. The van der Waals surface area contributed by atoms with E-state index in [2.05, 4.69) is 10.3 Å². The molecule has 1 atom stereocenters. The average molecular weight is 235 g/mol. The number of hydrogen-bond acceptors (Lipinski definition) is 3. The van der Waals surface area contributed by atoms with Gasteiger partial charge < -0.3 is 10.2 Å². The lowest BCUT2D eigenvalue weighted by Gasteiger charge is -2.24. The molecule has 4 nitrogen and oxygen atoms in total. The van der Waals surface area contributed by atoms with Crippen molar-refractivity contribution in [1.82, 2.24) is 15.2 Å². The molecule has 17 heavy (non-hydrogen) atoms. The van der Waals surface area contributed by atoms with Crippen LogP contribution in [0.5, 0.6) is 0 Å². The lowest BCUT2D eigenvalue weighted by Crippen LogP contribution is -2.38. The quantitative estimate of drug-likeness (QED) is 0.808. The SMILES string of the molecule is CCN(Cc1ccccn1)C(=O)C(C)CNC. The Balaban J connectivity index is 2.62. The summed E-state index contributed by atoms with van der Waals surface area (Å²) in [6.07, 6.45) is 1.75. The number of nitrogens with one attached hydrogen (secondary N) is 1. The van der Waals surface area contributed by atoms with Gasteiger partial charge in [-0.3, -0.25) is 9.78 Å². The highest BCUT2D eigenvalue weighted by molar-refractivity contribution is 5.78. The van der Waals surface area contributed by atoms with E-state index >= 15 is 0 Å². The summed E-state index contributed by atoms with van der Waals surface area (Å²) in [4.78, 5) is 18.2. The van der Waals surface area contributed by atoms with E-state index in [1.54, 1.807) is 6.20 Å². The lowest BCUT2D eigenvalue weighted by molar-refractivity contribution is -0.135. The molecule has 0 saturated carbocycles. The van der Waals surface area contributed by atoms with Crippen LogP contribution in [0.1, 0.15) is 19.5 Å². The molecule has 1 heterocycles. The van der Waals surface area contributed by atoms with E-state index in [0.717, 1.165) is 5.69 Å². The molecule has 1 amide bonds. The maximum atomic E-state index is 12.1. The van der Waals surface area contributed by atoms with Gasteiger partial charge in [-0.25, -0.2) is 0 Å². The normalized spacial score (nSPS) is 12.2. The predicted octanol–water partition coefficient (Wildman–Crippen LogP) is 1.29. The van der Waals surface area contributed by atoms with Crippen molar-refractivity contribution >= 4 is 5.91 Å². The Morgan fingerprint density at radius 3 is 2.82 bits per heavy atom. The number of carbonyl (C=O) groups is 1. The molecule has 1 aromatic heterocycles. The Labute approximate surface area is 103 Å². The molecule has 1 aromatic rings. The van der Waals surface area contributed by atoms with Crippen molar-refractivity contribution in [1.29, 1.82) is 0 Å². The summed E-state index contributed by atoms with van der Waals surface area (Å²) < 4.78 is 0. The van der Waals surface area contributed by atoms with Crippen LogP contribution in [0, 0.1) is 5.92 Å². The molecule has 0 saturated heterocycles. The summed E-state index contributed by atoms with van der Waals surface area (Å²) >= 11 is 0. The van der Waals surface area contributed by atoms with E-state index in [0.29, 0.717) is 19.6 Å². The first kappa shape index (κ1) is 13.6. The molecule has 0 bridgehead atoms. The highest BCUT2D eigenvalue weighted by Gasteiger charge is 2.18. The number of rotatable bonds is 6. The molecule has 0 aromatic carbocycles. The molecule has 1 rings (SSSR count). The van der Waals surface area contributed by atoms with Crippen molar-refractivity contribution in [3.05, 3.63) is 30.1 Å². The Hall–Kier alpha value is -1.42. The number of carbonyl (C=O) groups excluding carboxylic acids is 1. The maximum Gasteiger partial charge on any atom is 0.227 e. The van der Waals surface area contributed by atoms with Gasteiger partial charge in [-0.2, -0.15) is 0 Å². The zero-order valence-corrected chi connectivity index (χ0v) is 10.8. The average Bonchev–Trinajstić information content (AvgIpc) is 2.36. The van der Waals surface area contributed by atoms with Crippen LogP contribution in [0.25, 0.3) is 0 Å². The van der Waals surface area contributed by atoms with E-state index in [1.807, 2.05) is 44.0 Å². The van der Waals surface area contributed by atoms with Crippen molar-refractivity contribution in [3.63, 3.8) is 0 Å². The van der Waals surface area contributed by atoms with Crippen LogP contribution in [-0.2, 0) is 11.3 Å². The van der Waals surface area contributed by atoms with Crippen LogP contribution in [0.4, 0.5) is 0 Å². The van der Waals surface area contributed by atoms with Gasteiger partial charge in [-0.15, -0.1) is 0 Å². The fourth-order valence-electron chi connectivity index (χ4n) is 1.74. The topological polar surface area (TPSA) is 45.2 Å². The van der Waals surface area contributed by atoms with E-state index in [1.165, 1.54) is 0 Å². The van der Waals surface area contributed by atoms with Crippen LogP contribution in [0.3, 0.4) is 0 Å².